The fourth-order valence-electron chi connectivity index (χ4n) is 3.12. The van der Waals surface area contributed by atoms with E-state index in [0.717, 1.165) is 31.7 Å². The summed E-state index contributed by atoms with van der Waals surface area (Å²) in [6, 6.07) is 11.6. The summed E-state index contributed by atoms with van der Waals surface area (Å²) in [5.41, 5.74) is 2.54. The molecule has 0 atom stereocenters. The Morgan fingerprint density at radius 3 is 2.42 bits per heavy atom. The molecule has 0 radical (unpaired) electrons. The highest BCUT2D eigenvalue weighted by molar-refractivity contribution is 5.94. The molecule has 0 aliphatic carbocycles. The van der Waals surface area contributed by atoms with E-state index in [4.69, 9.17) is 0 Å². The lowest BCUT2D eigenvalue weighted by Gasteiger charge is -2.17. The minimum absolute atomic E-state index is 0. The number of nitrogens with zero attached hydrogens (tertiary/aromatic N) is 4. The second kappa shape index (κ2) is 11.3. The lowest BCUT2D eigenvalue weighted by atomic mass is 10.1. The Bertz CT molecular complexity index is 987. The van der Waals surface area contributed by atoms with E-state index in [9.17, 15) is 15.0 Å². The highest BCUT2D eigenvalue weighted by Crippen LogP contribution is 2.29. The summed E-state index contributed by atoms with van der Waals surface area (Å²) in [5.74, 6) is -0.498. The van der Waals surface area contributed by atoms with Gasteiger partial charge in [0.1, 0.15) is 5.69 Å². The zero-order valence-electron chi connectivity index (χ0n) is 17.7. The van der Waals surface area contributed by atoms with E-state index in [1.54, 1.807) is 41.2 Å². The fourth-order valence-corrected chi connectivity index (χ4v) is 3.12. The first-order chi connectivity index (χ1) is 14.5. The number of aromatic nitrogens is 3. The number of aromatic hydroxyl groups is 2. The van der Waals surface area contributed by atoms with Crippen molar-refractivity contribution in [2.45, 2.75) is 20.3 Å². The van der Waals surface area contributed by atoms with E-state index in [2.05, 4.69) is 34.4 Å². The molecule has 31 heavy (non-hydrogen) atoms. The maximum absolute atomic E-state index is 12.3. The topological polar surface area (TPSA) is 104 Å². The molecule has 0 bridgehead atoms. The first-order valence-electron chi connectivity index (χ1n) is 10.1. The summed E-state index contributed by atoms with van der Waals surface area (Å²) in [7, 11) is 0. The maximum Gasteiger partial charge on any atom is 0.251 e. The van der Waals surface area contributed by atoms with Crippen LogP contribution in [0, 0.1) is 0 Å². The van der Waals surface area contributed by atoms with Gasteiger partial charge in [0.15, 0.2) is 11.5 Å². The molecule has 1 heterocycles. The van der Waals surface area contributed by atoms with Crippen LogP contribution in [-0.2, 0) is 0 Å². The number of amides is 1. The predicted octanol–water partition coefficient (Wildman–Crippen LogP) is 3.23. The third-order valence-corrected chi connectivity index (χ3v) is 4.99. The van der Waals surface area contributed by atoms with Gasteiger partial charge >= 0.3 is 0 Å². The Kier molecular flexibility index (Phi) is 8.84. The van der Waals surface area contributed by atoms with Gasteiger partial charge in [0.05, 0.1) is 11.9 Å². The summed E-state index contributed by atoms with van der Waals surface area (Å²) < 4.78 is 1.59. The minimum atomic E-state index is -0.213. The molecule has 8 nitrogen and oxygen atoms in total. The quantitative estimate of drug-likeness (QED) is 0.345. The summed E-state index contributed by atoms with van der Waals surface area (Å²) in [5, 5.41) is 30.2. The first kappa shape index (κ1) is 24.2. The molecule has 2 aromatic carbocycles. The first-order valence-corrected chi connectivity index (χ1v) is 10.1. The number of phenols is 2. The van der Waals surface area contributed by atoms with Crippen LogP contribution in [0.5, 0.6) is 11.5 Å². The number of carbonyl (C=O) groups excluding carboxylic acids is 1. The van der Waals surface area contributed by atoms with Crippen molar-refractivity contribution >= 4 is 18.3 Å². The Hall–Kier alpha value is -3.10. The van der Waals surface area contributed by atoms with Crippen LogP contribution >= 0.6 is 12.4 Å². The van der Waals surface area contributed by atoms with Gasteiger partial charge in [-0.1, -0.05) is 19.1 Å². The number of rotatable bonds is 9. The van der Waals surface area contributed by atoms with E-state index in [-0.39, 0.29) is 29.8 Å². The van der Waals surface area contributed by atoms with Crippen molar-refractivity contribution in [3.8, 4) is 28.4 Å². The van der Waals surface area contributed by atoms with Crippen LogP contribution in [0.4, 0.5) is 0 Å². The predicted molar refractivity (Wildman–Crippen MR) is 122 cm³/mol. The van der Waals surface area contributed by atoms with E-state index < -0.39 is 0 Å². The average molecular weight is 446 g/mol. The van der Waals surface area contributed by atoms with Crippen LogP contribution in [0.2, 0.25) is 0 Å². The van der Waals surface area contributed by atoms with Crippen molar-refractivity contribution < 1.29 is 15.0 Å². The molecule has 0 aliphatic heterocycles. The van der Waals surface area contributed by atoms with Crippen molar-refractivity contribution in [2.24, 2.45) is 0 Å². The van der Waals surface area contributed by atoms with Crippen molar-refractivity contribution in [2.75, 3.05) is 26.2 Å². The van der Waals surface area contributed by atoms with Gasteiger partial charge in [-0.05, 0) is 68.5 Å². The molecule has 0 saturated carbocycles. The van der Waals surface area contributed by atoms with E-state index in [1.165, 1.54) is 12.1 Å². The second-order valence-electron chi connectivity index (χ2n) is 6.94. The number of nitrogens with one attached hydrogen (secondary N) is 1. The summed E-state index contributed by atoms with van der Waals surface area (Å²) in [4.78, 5) is 14.6. The molecular weight excluding hydrogens is 418 g/mol. The lowest BCUT2D eigenvalue weighted by Crippen LogP contribution is -2.29. The zero-order chi connectivity index (χ0) is 21.5. The van der Waals surface area contributed by atoms with Crippen molar-refractivity contribution in [3.05, 3.63) is 54.2 Å². The van der Waals surface area contributed by atoms with Gasteiger partial charge in [-0.3, -0.25) is 4.79 Å². The largest absolute Gasteiger partial charge is 0.504 e. The third-order valence-electron chi connectivity index (χ3n) is 4.99. The molecule has 0 saturated heterocycles. The molecule has 0 unspecified atom stereocenters. The van der Waals surface area contributed by atoms with Crippen LogP contribution in [-0.4, -0.2) is 62.2 Å². The molecule has 0 aliphatic rings. The number of halogens is 1. The number of hydrogen-bond donors (Lipinski definition) is 3. The van der Waals surface area contributed by atoms with E-state index in [1.807, 2.05) is 0 Å². The number of hydrogen-bond acceptors (Lipinski definition) is 6. The monoisotopic (exact) mass is 445 g/mol. The number of carbonyl (C=O) groups is 1. The van der Waals surface area contributed by atoms with Crippen LogP contribution in [0.15, 0.2) is 48.7 Å². The Morgan fingerprint density at radius 2 is 1.77 bits per heavy atom. The lowest BCUT2D eigenvalue weighted by molar-refractivity contribution is 0.0952. The Morgan fingerprint density at radius 1 is 1.06 bits per heavy atom. The van der Waals surface area contributed by atoms with Crippen LogP contribution < -0.4 is 5.32 Å². The molecule has 1 aromatic heterocycles. The average Bonchev–Trinajstić information content (AvgIpc) is 3.26. The molecule has 166 valence electrons. The van der Waals surface area contributed by atoms with Gasteiger partial charge in [0.2, 0.25) is 0 Å². The van der Waals surface area contributed by atoms with Gasteiger partial charge in [-0.25, -0.2) is 4.68 Å². The van der Waals surface area contributed by atoms with Gasteiger partial charge < -0.3 is 20.4 Å². The molecular formula is C22H28ClN5O3. The Labute approximate surface area is 187 Å². The van der Waals surface area contributed by atoms with E-state index in [0.29, 0.717) is 23.4 Å². The second-order valence-corrected chi connectivity index (χ2v) is 6.94. The standard InChI is InChI=1S/C22H27N5O3.ClH/c1-3-26(4-2)13-5-12-23-22(30)16-6-9-18(10-7-16)27-15-19(24-25-27)17-8-11-20(28)21(29)14-17;/h6-11,14-15,28-29H,3-5,12-13H2,1-2H3,(H,23,30);1H. The molecule has 1 amide bonds. The van der Waals surface area contributed by atoms with Gasteiger partial charge in [-0.15, -0.1) is 17.5 Å². The molecule has 0 spiro atoms. The van der Waals surface area contributed by atoms with Crippen molar-refractivity contribution in [3.63, 3.8) is 0 Å². The fraction of sp³-hybridized carbons (Fsp3) is 0.318. The smallest absolute Gasteiger partial charge is 0.251 e. The number of phenolic OH excluding ortho intramolecular Hbond substituents is 2. The van der Waals surface area contributed by atoms with E-state index >= 15 is 0 Å². The molecule has 9 heteroatoms. The summed E-state index contributed by atoms with van der Waals surface area (Å²) in [6.07, 6.45) is 2.63. The van der Waals surface area contributed by atoms with Gasteiger partial charge in [0, 0.05) is 17.7 Å². The van der Waals surface area contributed by atoms with Crippen molar-refractivity contribution in [1.82, 2.24) is 25.2 Å². The molecule has 3 aromatic rings. The maximum atomic E-state index is 12.3. The summed E-state index contributed by atoms with van der Waals surface area (Å²) in [6.45, 7) is 7.92. The summed E-state index contributed by atoms with van der Waals surface area (Å²) >= 11 is 0. The van der Waals surface area contributed by atoms with Crippen LogP contribution in [0.3, 0.4) is 0 Å². The minimum Gasteiger partial charge on any atom is -0.504 e. The number of benzene rings is 2. The van der Waals surface area contributed by atoms with Crippen LogP contribution in [0.25, 0.3) is 16.9 Å². The van der Waals surface area contributed by atoms with Gasteiger partial charge in [0.25, 0.3) is 5.91 Å². The Balaban J connectivity index is 0.00000341. The van der Waals surface area contributed by atoms with Gasteiger partial charge in [-0.2, -0.15) is 0 Å². The highest BCUT2D eigenvalue weighted by Gasteiger charge is 2.10. The normalized spacial score (nSPS) is 10.7. The molecule has 3 rings (SSSR count). The SMILES string of the molecule is CCN(CC)CCCNC(=O)c1ccc(-n2cc(-c3ccc(O)c(O)c3)nn2)cc1.Cl. The molecule has 0 fully saturated rings. The van der Waals surface area contributed by atoms with Crippen LogP contribution in [0.1, 0.15) is 30.6 Å². The van der Waals surface area contributed by atoms with Crippen molar-refractivity contribution in [1.29, 1.82) is 0 Å². The zero-order valence-corrected chi connectivity index (χ0v) is 18.5. The highest BCUT2D eigenvalue weighted by atomic mass is 35.5. The third kappa shape index (κ3) is 6.19. The molecule has 3 N–H and O–H groups in total.